The van der Waals surface area contributed by atoms with Crippen LogP contribution in [0.25, 0.3) is 0 Å². The molecule has 1 amide bonds. The third-order valence-electron chi connectivity index (χ3n) is 1.97. The Morgan fingerprint density at radius 1 is 1.41 bits per heavy atom. The maximum Gasteiger partial charge on any atom is 0.258 e. The molecule has 4 N–H and O–H groups in total. The van der Waals surface area contributed by atoms with E-state index in [9.17, 15) is 9.90 Å². The summed E-state index contributed by atoms with van der Waals surface area (Å²) in [4.78, 5) is 11.4. The fraction of sp³-hybridized carbons (Fsp3) is 0.417. The van der Waals surface area contributed by atoms with Crippen LogP contribution in [-0.2, 0) is 4.79 Å². The van der Waals surface area contributed by atoms with Gasteiger partial charge in [-0.3, -0.25) is 4.79 Å². The first-order chi connectivity index (χ1) is 7.87. The van der Waals surface area contributed by atoms with Gasteiger partial charge in [-0.05, 0) is 38.1 Å². The van der Waals surface area contributed by atoms with Crippen molar-refractivity contribution in [1.29, 1.82) is 0 Å². The smallest absolute Gasteiger partial charge is 0.258 e. The second kappa shape index (κ2) is 5.54. The normalized spacial score (nSPS) is 11.0. The number of hydrogen-bond donors (Lipinski definition) is 3. The van der Waals surface area contributed by atoms with E-state index in [0.717, 1.165) is 0 Å². The summed E-state index contributed by atoms with van der Waals surface area (Å²) in [5.74, 6) is 0.307. The number of rotatable bonds is 5. The second-order valence-electron chi connectivity index (χ2n) is 4.45. The van der Waals surface area contributed by atoms with Crippen LogP contribution in [-0.4, -0.2) is 29.8 Å². The van der Waals surface area contributed by atoms with E-state index < -0.39 is 5.60 Å². The van der Waals surface area contributed by atoms with Gasteiger partial charge in [0.05, 0.1) is 5.60 Å². The van der Waals surface area contributed by atoms with Crippen molar-refractivity contribution in [3.63, 3.8) is 0 Å². The number of benzene rings is 1. The van der Waals surface area contributed by atoms with E-state index in [-0.39, 0.29) is 19.1 Å². The van der Waals surface area contributed by atoms with Crippen molar-refractivity contribution in [2.24, 2.45) is 0 Å². The maximum atomic E-state index is 11.4. The van der Waals surface area contributed by atoms with Gasteiger partial charge in [0.1, 0.15) is 5.75 Å². The standard InChI is InChI=1S/C12H18N2O3/c1-12(2,16)8-14-11(15)7-17-10-5-3-9(13)4-6-10/h3-6,16H,7-8,13H2,1-2H3,(H,14,15). The fourth-order valence-electron chi connectivity index (χ4n) is 1.08. The molecule has 1 rings (SSSR count). The van der Waals surface area contributed by atoms with Crippen LogP contribution in [0.15, 0.2) is 24.3 Å². The van der Waals surface area contributed by atoms with Gasteiger partial charge in [-0.1, -0.05) is 0 Å². The SMILES string of the molecule is CC(C)(O)CNC(=O)COc1ccc(N)cc1. The number of nitrogens with two attached hydrogens (primary N) is 1. The molecule has 0 aromatic heterocycles. The minimum Gasteiger partial charge on any atom is -0.484 e. The Hall–Kier alpha value is -1.75. The van der Waals surface area contributed by atoms with E-state index in [1.807, 2.05) is 0 Å². The van der Waals surface area contributed by atoms with Gasteiger partial charge in [-0.15, -0.1) is 0 Å². The van der Waals surface area contributed by atoms with Gasteiger partial charge in [-0.25, -0.2) is 0 Å². The molecule has 5 nitrogen and oxygen atoms in total. The lowest BCUT2D eigenvalue weighted by Crippen LogP contribution is -2.40. The van der Waals surface area contributed by atoms with Crippen LogP contribution < -0.4 is 15.8 Å². The van der Waals surface area contributed by atoms with Gasteiger partial charge in [0.2, 0.25) is 0 Å². The van der Waals surface area contributed by atoms with Gasteiger partial charge in [0.15, 0.2) is 6.61 Å². The second-order valence-corrected chi connectivity index (χ2v) is 4.45. The van der Waals surface area contributed by atoms with Gasteiger partial charge in [0, 0.05) is 12.2 Å². The van der Waals surface area contributed by atoms with Gasteiger partial charge < -0.3 is 20.9 Å². The molecule has 5 heteroatoms. The van der Waals surface area contributed by atoms with Crippen molar-refractivity contribution >= 4 is 11.6 Å². The number of carbonyl (C=O) groups excluding carboxylic acids is 1. The molecule has 17 heavy (non-hydrogen) atoms. The largest absolute Gasteiger partial charge is 0.484 e. The maximum absolute atomic E-state index is 11.4. The molecular formula is C12H18N2O3. The zero-order valence-corrected chi connectivity index (χ0v) is 10.1. The van der Waals surface area contributed by atoms with E-state index >= 15 is 0 Å². The average molecular weight is 238 g/mol. The molecule has 0 saturated carbocycles. The van der Waals surface area contributed by atoms with Crippen molar-refractivity contribution in [2.45, 2.75) is 19.4 Å². The molecule has 0 saturated heterocycles. The summed E-state index contributed by atoms with van der Waals surface area (Å²) >= 11 is 0. The van der Waals surface area contributed by atoms with Gasteiger partial charge >= 0.3 is 0 Å². The molecule has 0 atom stereocenters. The van der Waals surface area contributed by atoms with Crippen LogP contribution >= 0.6 is 0 Å². The van der Waals surface area contributed by atoms with E-state index in [0.29, 0.717) is 11.4 Å². The lowest BCUT2D eigenvalue weighted by molar-refractivity contribution is -0.124. The summed E-state index contributed by atoms with van der Waals surface area (Å²) in [5.41, 5.74) is 5.24. The van der Waals surface area contributed by atoms with Gasteiger partial charge in [0.25, 0.3) is 5.91 Å². The summed E-state index contributed by atoms with van der Waals surface area (Å²) in [7, 11) is 0. The number of nitrogen functional groups attached to an aromatic ring is 1. The lowest BCUT2D eigenvalue weighted by atomic mass is 10.1. The van der Waals surface area contributed by atoms with E-state index in [1.54, 1.807) is 38.1 Å². The highest BCUT2D eigenvalue weighted by atomic mass is 16.5. The first-order valence-corrected chi connectivity index (χ1v) is 5.34. The van der Waals surface area contributed by atoms with Crippen molar-refractivity contribution < 1.29 is 14.6 Å². The predicted molar refractivity (Wildman–Crippen MR) is 65.7 cm³/mol. The van der Waals surface area contributed by atoms with Gasteiger partial charge in [-0.2, -0.15) is 0 Å². The van der Waals surface area contributed by atoms with Crippen LogP contribution in [0.1, 0.15) is 13.8 Å². The lowest BCUT2D eigenvalue weighted by Gasteiger charge is -2.17. The quantitative estimate of drug-likeness (QED) is 0.653. The Bertz CT molecular complexity index is 368. The molecule has 1 aromatic rings. The zero-order chi connectivity index (χ0) is 12.9. The van der Waals surface area contributed by atoms with Crippen molar-refractivity contribution in [3.05, 3.63) is 24.3 Å². The topological polar surface area (TPSA) is 84.6 Å². The monoisotopic (exact) mass is 238 g/mol. The van der Waals surface area contributed by atoms with E-state index in [1.165, 1.54) is 0 Å². The average Bonchev–Trinajstić information content (AvgIpc) is 2.25. The van der Waals surface area contributed by atoms with Crippen LogP contribution in [0.2, 0.25) is 0 Å². The fourth-order valence-corrected chi connectivity index (χ4v) is 1.08. The highest BCUT2D eigenvalue weighted by molar-refractivity contribution is 5.77. The zero-order valence-electron chi connectivity index (χ0n) is 10.1. The third-order valence-corrected chi connectivity index (χ3v) is 1.97. The molecule has 0 bridgehead atoms. The highest BCUT2D eigenvalue weighted by Crippen LogP contribution is 2.12. The minimum atomic E-state index is -0.920. The number of nitrogens with one attached hydrogen (secondary N) is 1. The molecule has 94 valence electrons. The predicted octanol–water partition coefficient (Wildman–Crippen LogP) is 0.535. The molecule has 0 radical (unpaired) electrons. The van der Waals surface area contributed by atoms with Crippen molar-refractivity contribution in [2.75, 3.05) is 18.9 Å². The first-order valence-electron chi connectivity index (χ1n) is 5.34. The molecule has 0 aliphatic heterocycles. The third kappa shape index (κ3) is 5.77. The first kappa shape index (κ1) is 13.3. The van der Waals surface area contributed by atoms with Crippen LogP contribution in [0.3, 0.4) is 0 Å². The van der Waals surface area contributed by atoms with Crippen molar-refractivity contribution in [1.82, 2.24) is 5.32 Å². The van der Waals surface area contributed by atoms with Crippen LogP contribution in [0.4, 0.5) is 5.69 Å². The Morgan fingerprint density at radius 3 is 2.53 bits per heavy atom. The summed E-state index contributed by atoms with van der Waals surface area (Å²) in [6.07, 6.45) is 0. The molecule has 0 unspecified atom stereocenters. The number of carbonyl (C=O) groups is 1. The Balaban J connectivity index is 2.31. The van der Waals surface area contributed by atoms with E-state index in [4.69, 9.17) is 10.5 Å². The highest BCUT2D eigenvalue weighted by Gasteiger charge is 2.13. The molecule has 1 aromatic carbocycles. The van der Waals surface area contributed by atoms with Crippen molar-refractivity contribution in [3.8, 4) is 5.75 Å². The number of aliphatic hydroxyl groups is 1. The van der Waals surface area contributed by atoms with Crippen LogP contribution in [0.5, 0.6) is 5.75 Å². The Kier molecular flexibility index (Phi) is 4.34. The summed E-state index contributed by atoms with van der Waals surface area (Å²) in [6, 6.07) is 6.78. The Morgan fingerprint density at radius 2 is 2.00 bits per heavy atom. The molecule has 0 spiro atoms. The molecule has 0 aliphatic carbocycles. The molecular weight excluding hydrogens is 220 g/mol. The van der Waals surface area contributed by atoms with E-state index in [2.05, 4.69) is 5.32 Å². The Labute approximate surface area is 101 Å². The summed E-state index contributed by atoms with van der Waals surface area (Å²) in [6.45, 7) is 3.35. The molecule has 0 aliphatic rings. The summed E-state index contributed by atoms with van der Waals surface area (Å²) in [5, 5.41) is 12.0. The number of anilines is 1. The summed E-state index contributed by atoms with van der Waals surface area (Å²) < 4.78 is 5.24. The van der Waals surface area contributed by atoms with Crippen LogP contribution in [0, 0.1) is 0 Å². The number of amides is 1. The molecule has 0 fully saturated rings. The number of ether oxygens (including phenoxy) is 1. The minimum absolute atomic E-state index is 0.0833. The molecule has 0 heterocycles. The number of hydrogen-bond acceptors (Lipinski definition) is 4.